The number of amides is 1. The fourth-order valence-electron chi connectivity index (χ4n) is 2.49. The van der Waals surface area contributed by atoms with E-state index in [-0.39, 0.29) is 11.6 Å². The molecule has 1 aromatic heterocycles. The molecule has 0 bridgehead atoms. The van der Waals surface area contributed by atoms with Crippen molar-refractivity contribution < 1.29 is 9.53 Å². The summed E-state index contributed by atoms with van der Waals surface area (Å²) in [6.45, 7) is 6.60. The van der Waals surface area contributed by atoms with Crippen LogP contribution in [-0.2, 0) is 0 Å². The van der Waals surface area contributed by atoms with Gasteiger partial charge in [-0.1, -0.05) is 6.07 Å². The van der Waals surface area contributed by atoms with Crippen molar-refractivity contribution in [1.29, 1.82) is 0 Å². The lowest BCUT2D eigenvalue weighted by Crippen LogP contribution is -2.15. The van der Waals surface area contributed by atoms with Gasteiger partial charge < -0.3 is 15.4 Å². The van der Waals surface area contributed by atoms with Crippen LogP contribution >= 0.6 is 0 Å². The Bertz CT molecular complexity index is 939. The molecule has 2 aromatic carbocycles. The first-order valence-electron chi connectivity index (χ1n) is 8.76. The largest absolute Gasteiger partial charge is 0.494 e. The number of nitrogens with one attached hydrogen (secondary N) is 2. The van der Waals surface area contributed by atoms with Gasteiger partial charge in [-0.3, -0.25) is 4.79 Å². The zero-order valence-electron chi connectivity index (χ0n) is 15.6. The van der Waals surface area contributed by atoms with Crippen molar-refractivity contribution in [3.63, 3.8) is 0 Å². The van der Waals surface area contributed by atoms with Crippen molar-refractivity contribution in [3.8, 4) is 5.75 Å². The summed E-state index contributed by atoms with van der Waals surface area (Å²) in [5, 5.41) is 5.96. The van der Waals surface area contributed by atoms with Crippen LogP contribution in [0.15, 0.2) is 54.7 Å². The lowest BCUT2D eigenvalue weighted by Gasteiger charge is -2.09. The van der Waals surface area contributed by atoms with Crippen LogP contribution in [-0.4, -0.2) is 22.5 Å². The number of hydrogen-bond acceptors (Lipinski definition) is 5. The van der Waals surface area contributed by atoms with Gasteiger partial charge in [0.2, 0.25) is 5.95 Å². The minimum absolute atomic E-state index is 0.282. The Kier molecular flexibility index (Phi) is 5.66. The van der Waals surface area contributed by atoms with Gasteiger partial charge in [0.25, 0.3) is 5.91 Å². The quantitative estimate of drug-likeness (QED) is 0.676. The van der Waals surface area contributed by atoms with Crippen LogP contribution in [0.5, 0.6) is 5.75 Å². The minimum Gasteiger partial charge on any atom is -0.494 e. The second kappa shape index (κ2) is 8.31. The Hall–Kier alpha value is -3.41. The minimum atomic E-state index is -0.282. The number of aromatic nitrogens is 2. The van der Waals surface area contributed by atoms with Crippen molar-refractivity contribution in [2.75, 3.05) is 17.2 Å². The molecule has 1 heterocycles. The molecule has 0 aliphatic heterocycles. The third-order valence-electron chi connectivity index (χ3n) is 4.07. The molecule has 0 saturated carbocycles. The first kappa shape index (κ1) is 18.4. The van der Waals surface area contributed by atoms with Crippen LogP contribution in [0, 0.1) is 13.8 Å². The SMILES string of the molecule is CCOc1ccc(Nc2nccc(C(=O)Nc3ccc(C)c(C)c3)n2)cc1. The van der Waals surface area contributed by atoms with Crippen molar-refractivity contribution in [2.45, 2.75) is 20.8 Å². The maximum absolute atomic E-state index is 12.5. The van der Waals surface area contributed by atoms with Crippen LogP contribution in [0.3, 0.4) is 0 Å². The molecule has 6 heteroatoms. The molecule has 0 saturated heterocycles. The molecular weight excluding hydrogens is 340 g/mol. The molecule has 3 rings (SSSR count). The lowest BCUT2D eigenvalue weighted by molar-refractivity contribution is 0.102. The van der Waals surface area contributed by atoms with E-state index in [0.29, 0.717) is 12.6 Å². The van der Waals surface area contributed by atoms with Crippen LogP contribution in [0.1, 0.15) is 28.5 Å². The highest BCUT2D eigenvalue weighted by molar-refractivity contribution is 6.03. The highest BCUT2D eigenvalue weighted by Crippen LogP contribution is 2.19. The number of hydrogen-bond donors (Lipinski definition) is 2. The summed E-state index contributed by atoms with van der Waals surface area (Å²) in [4.78, 5) is 21.0. The van der Waals surface area contributed by atoms with E-state index in [1.54, 1.807) is 12.3 Å². The standard InChI is InChI=1S/C21H22N4O2/c1-4-27-18-9-7-16(8-10-18)24-21-22-12-11-19(25-21)20(26)23-17-6-5-14(2)15(3)13-17/h5-13H,4H2,1-3H3,(H,23,26)(H,22,24,25). The number of ether oxygens (including phenoxy) is 1. The number of anilines is 3. The highest BCUT2D eigenvalue weighted by atomic mass is 16.5. The second-order valence-electron chi connectivity index (χ2n) is 6.10. The predicted molar refractivity (Wildman–Crippen MR) is 107 cm³/mol. The van der Waals surface area contributed by atoms with E-state index in [0.717, 1.165) is 22.7 Å². The number of nitrogens with zero attached hydrogens (tertiary/aromatic N) is 2. The summed E-state index contributed by atoms with van der Waals surface area (Å²) in [6.07, 6.45) is 1.55. The summed E-state index contributed by atoms with van der Waals surface area (Å²) >= 11 is 0. The van der Waals surface area contributed by atoms with Crippen molar-refractivity contribution in [2.24, 2.45) is 0 Å². The van der Waals surface area contributed by atoms with Crippen LogP contribution in [0.4, 0.5) is 17.3 Å². The Morgan fingerprint density at radius 1 is 1.00 bits per heavy atom. The summed E-state index contributed by atoms with van der Waals surface area (Å²) < 4.78 is 5.42. The Morgan fingerprint density at radius 3 is 2.44 bits per heavy atom. The molecule has 0 aliphatic carbocycles. The molecule has 0 unspecified atom stereocenters. The maximum Gasteiger partial charge on any atom is 0.274 e. The topological polar surface area (TPSA) is 76.1 Å². The first-order valence-corrected chi connectivity index (χ1v) is 8.76. The van der Waals surface area contributed by atoms with Gasteiger partial charge in [-0.15, -0.1) is 0 Å². The predicted octanol–water partition coefficient (Wildman–Crippen LogP) is 4.49. The van der Waals surface area contributed by atoms with E-state index in [9.17, 15) is 4.79 Å². The third kappa shape index (κ3) is 4.82. The van der Waals surface area contributed by atoms with E-state index in [4.69, 9.17) is 4.74 Å². The van der Waals surface area contributed by atoms with Gasteiger partial charge in [-0.2, -0.15) is 0 Å². The van der Waals surface area contributed by atoms with E-state index < -0.39 is 0 Å². The molecule has 138 valence electrons. The molecule has 6 nitrogen and oxygen atoms in total. The Labute approximate surface area is 158 Å². The first-order chi connectivity index (χ1) is 13.0. The fraction of sp³-hybridized carbons (Fsp3) is 0.190. The zero-order valence-corrected chi connectivity index (χ0v) is 15.6. The third-order valence-corrected chi connectivity index (χ3v) is 4.07. The molecule has 27 heavy (non-hydrogen) atoms. The summed E-state index contributed by atoms with van der Waals surface area (Å²) in [5.74, 6) is 0.868. The average molecular weight is 362 g/mol. The number of carbonyl (C=O) groups excluding carboxylic acids is 1. The number of benzene rings is 2. The molecule has 0 atom stereocenters. The van der Waals surface area contributed by atoms with Gasteiger partial charge in [-0.05, 0) is 74.4 Å². The van der Waals surface area contributed by atoms with Crippen LogP contribution in [0.2, 0.25) is 0 Å². The van der Waals surface area contributed by atoms with Gasteiger partial charge in [0.05, 0.1) is 6.61 Å². The van der Waals surface area contributed by atoms with Gasteiger partial charge >= 0.3 is 0 Å². The van der Waals surface area contributed by atoms with Crippen molar-refractivity contribution >= 4 is 23.2 Å². The summed E-state index contributed by atoms with van der Waals surface area (Å²) in [5.41, 5.74) is 4.13. The Morgan fingerprint density at radius 2 is 1.74 bits per heavy atom. The van der Waals surface area contributed by atoms with Crippen molar-refractivity contribution in [1.82, 2.24) is 9.97 Å². The van der Waals surface area contributed by atoms with Gasteiger partial charge in [0.15, 0.2) is 0 Å². The van der Waals surface area contributed by atoms with E-state index in [1.807, 2.05) is 63.2 Å². The molecule has 3 aromatic rings. The van der Waals surface area contributed by atoms with Gasteiger partial charge in [-0.25, -0.2) is 9.97 Å². The van der Waals surface area contributed by atoms with Gasteiger partial charge in [0, 0.05) is 17.6 Å². The van der Waals surface area contributed by atoms with Crippen molar-refractivity contribution in [3.05, 3.63) is 71.5 Å². The average Bonchev–Trinajstić information content (AvgIpc) is 2.67. The number of rotatable bonds is 6. The smallest absolute Gasteiger partial charge is 0.274 e. The molecule has 0 radical (unpaired) electrons. The molecule has 2 N–H and O–H groups in total. The summed E-state index contributed by atoms with van der Waals surface area (Å²) in [7, 11) is 0. The molecular formula is C21H22N4O2. The molecule has 1 amide bonds. The Balaban J connectivity index is 1.70. The monoisotopic (exact) mass is 362 g/mol. The maximum atomic E-state index is 12.5. The summed E-state index contributed by atoms with van der Waals surface area (Å²) in [6, 6.07) is 14.8. The second-order valence-corrected chi connectivity index (χ2v) is 6.10. The van der Waals surface area contributed by atoms with Crippen LogP contribution in [0.25, 0.3) is 0 Å². The van der Waals surface area contributed by atoms with E-state index in [1.165, 1.54) is 5.56 Å². The highest BCUT2D eigenvalue weighted by Gasteiger charge is 2.10. The van der Waals surface area contributed by atoms with Gasteiger partial charge in [0.1, 0.15) is 11.4 Å². The van der Waals surface area contributed by atoms with E-state index in [2.05, 4.69) is 20.6 Å². The molecule has 0 spiro atoms. The van der Waals surface area contributed by atoms with Crippen LogP contribution < -0.4 is 15.4 Å². The molecule has 0 fully saturated rings. The normalized spacial score (nSPS) is 10.3. The number of aryl methyl sites for hydroxylation is 2. The molecule has 0 aliphatic rings. The fourth-order valence-corrected chi connectivity index (χ4v) is 2.49. The zero-order chi connectivity index (χ0) is 19.2. The number of carbonyl (C=O) groups is 1. The van der Waals surface area contributed by atoms with E-state index >= 15 is 0 Å². The lowest BCUT2D eigenvalue weighted by atomic mass is 10.1.